The van der Waals surface area contributed by atoms with Gasteiger partial charge in [0.25, 0.3) is 0 Å². The zero-order chi connectivity index (χ0) is 20.4. The van der Waals surface area contributed by atoms with Crippen molar-refractivity contribution in [1.82, 2.24) is 14.8 Å². The fourth-order valence-corrected chi connectivity index (χ4v) is 3.05. The Morgan fingerprint density at radius 2 is 2.00 bits per heavy atom. The normalized spacial score (nSPS) is 11.2. The van der Waals surface area contributed by atoms with E-state index in [0.29, 0.717) is 22.9 Å². The minimum Gasteiger partial charge on any atom is -0.462 e. The molecule has 0 fully saturated rings. The van der Waals surface area contributed by atoms with Gasteiger partial charge in [-0.25, -0.2) is 9.48 Å². The van der Waals surface area contributed by atoms with Gasteiger partial charge in [-0.15, -0.1) is 0 Å². The van der Waals surface area contributed by atoms with Crippen molar-refractivity contribution in [2.24, 2.45) is 0 Å². The monoisotopic (exact) mass is 390 g/mol. The van der Waals surface area contributed by atoms with Crippen molar-refractivity contribution in [2.75, 3.05) is 11.9 Å². The summed E-state index contributed by atoms with van der Waals surface area (Å²) in [6.45, 7) is 6.30. The first-order valence-electron chi connectivity index (χ1n) is 9.55. The number of oxazole rings is 1. The molecule has 1 N–H and O–H groups in total. The Morgan fingerprint density at radius 1 is 1.21 bits per heavy atom. The minimum absolute atomic E-state index is 0.273. The standard InChI is InChI=1S/C22H22N4O3/c1-4-28-21(27)17-13-23-26(16-8-6-5-7-9-16)20(17)25-22-24-18-12-15(14(2)3)10-11-19(18)29-22/h5-14H,4H2,1-3H3,(H,24,25). The number of aromatic nitrogens is 3. The van der Waals surface area contributed by atoms with Crippen LogP contribution >= 0.6 is 0 Å². The Labute approximate surface area is 168 Å². The number of hydrogen-bond donors (Lipinski definition) is 1. The summed E-state index contributed by atoms with van der Waals surface area (Å²) in [5.41, 5.74) is 3.70. The third-order valence-electron chi connectivity index (χ3n) is 4.57. The van der Waals surface area contributed by atoms with Crippen molar-refractivity contribution in [2.45, 2.75) is 26.7 Å². The molecule has 2 heterocycles. The SMILES string of the molecule is CCOC(=O)c1cnn(-c2ccccc2)c1Nc1nc2cc(C(C)C)ccc2o1. The second-order valence-corrected chi connectivity index (χ2v) is 6.90. The number of nitrogens with zero attached hydrogens (tertiary/aromatic N) is 3. The molecule has 4 rings (SSSR count). The molecule has 148 valence electrons. The van der Waals surface area contributed by atoms with Crippen molar-refractivity contribution in [3.8, 4) is 5.69 Å². The highest BCUT2D eigenvalue weighted by molar-refractivity contribution is 5.95. The molecular formula is C22H22N4O3. The van der Waals surface area contributed by atoms with Crippen LogP contribution in [0.3, 0.4) is 0 Å². The highest BCUT2D eigenvalue weighted by Crippen LogP contribution is 2.28. The Bertz CT molecular complexity index is 1150. The third kappa shape index (κ3) is 3.71. The van der Waals surface area contributed by atoms with Crippen LogP contribution in [0.15, 0.2) is 59.1 Å². The van der Waals surface area contributed by atoms with Crippen LogP contribution in [-0.2, 0) is 4.74 Å². The highest BCUT2D eigenvalue weighted by Gasteiger charge is 2.21. The van der Waals surface area contributed by atoms with Gasteiger partial charge in [0.1, 0.15) is 11.1 Å². The second-order valence-electron chi connectivity index (χ2n) is 6.90. The third-order valence-corrected chi connectivity index (χ3v) is 4.57. The average molecular weight is 390 g/mol. The van der Waals surface area contributed by atoms with E-state index in [2.05, 4.69) is 29.2 Å². The van der Waals surface area contributed by atoms with E-state index in [1.807, 2.05) is 48.5 Å². The second kappa shape index (κ2) is 7.79. The first-order valence-corrected chi connectivity index (χ1v) is 9.55. The molecule has 0 atom stereocenters. The van der Waals surface area contributed by atoms with E-state index >= 15 is 0 Å². The molecule has 0 unspecified atom stereocenters. The Kier molecular flexibility index (Phi) is 5.03. The maximum Gasteiger partial charge on any atom is 0.343 e. The summed E-state index contributed by atoms with van der Waals surface area (Å²) in [7, 11) is 0. The van der Waals surface area contributed by atoms with Crippen molar-refractivity contribution >= 4 is 28.9 Å². The van der Waals surface area contributed by atoms with Crippen LogP contribution in [0.5, 0.6) is 0 Å². The van der Waals surface area contributed by atoms with Crippen LogP contribution in [0.1, 0.15) is 42.6 Å². The molecule has 0 bridgehead atoms. The summed E-state index contributed by atoms with van der Waals surface area (Å²) in [6, 6.07) is 15.7. The number of hydrogen-bond acceptors (Lipinski definition) is 6. The molecule has 0 radical (unpaired) electrons. The van der Waals surface area contributed by atoms with E-state index in [9.17, 15) is 4.79 Å². The van der Waals surface area contributed by atoms with Crippen LogP contribution in [0, 0.1) is 0 Å². The van der Waals surface area contributed by atoms with Gasteiger partial charge in [-0.2, -0.15) is 10.1 Å². The number of rotatable bonds is 6. The van der Waals surface area contributed by atoms with Gasteiger partial charge in [-0.1, -0.05) is 38.1 Å². The van der Waals surface area contributed by atoms with E-state index in [0.717, 1.165) is 11.2 Å². The van der Waals surface area contributed by atoms with Gasteiger partial charge in [-0.3, -0.25) is 5.32 Å². The van der Waals surface area contributed by atoms with E-state index in [-0.39, 0.29) is 12.6 Å². The van der Waals surface area contributed by atoms with Gasteiger partial charge in [0.2, 0.25) is 0 Å². The smallest absolute Gasteiger partial charge is 0.343 e. The quantitative estimate of drug-likeness (QED) is 0.464. The molecule has 0 aliphatic rings. The molecule has 7 heteroatoms. The molecule has 0 saturated heterocycles. The molecule has 4 aromatic rings. The van der Waals surface area contributed by atoms with E-state index in [1.165, 1.54) is 11.8 Å². The number of carbonyl (C=O) groups excluding carboxylic acids is 1. The molecule has 0 spiro atoms. The summed E-state index contributed by atoms with van der Waals surface area (Å²) in [5, 5.41) is 7.48. The maximum atomic E-state index is 12.4. The molecular weight excluding hydrogens is 368 g/mol. The van der Waals surface area contributed by atoms with E-state index in [4.69, 9.17) is 9.15 Å². The predicted molar refractivity (Wildman–Crippen MR) is 111 cm³/mol. The summed E-state index contributed by atoms with van der Waals surface area (Å²) in [4.78, 5) is 17.0. The lowest BCUT2D eigenvalue weighted by Gasteiger charge is -2.09. The number of carbonyl (C=O) groups is 1. The van der Waals surface area contributed by atoms with E-state index < -0.39 is 5.97 Å². The van der Waals surface area contributed by atoms with Crippen molar-refractivity contribution in [3.63, 3.8) is 0 Å². The number of esters is 1. The minimum atomic E-state index is -0.463. The number of benzene rings is 2. The molecule has 0 saturated carbocycles. The molecule has 29 heavy (non-hydrogen) atoms. The van der Waals surface area contributed by atoms with Crippen molar-refractivity contribution < 1.29 is 13.9 Å². The molecule has 0 aliphatic carbocycles. The Balaban J connectivity index is 1.76. The number of fused-ring (bicyclic) bond motifs is 1. The first-order chi connectivity index (χ1) is 14.1. The number of anilines is 2. The fourth-order valence-electron chi connectivity index (χ4n) is 3.05. The van der Waals surface area contributed by atoms with Crippen LogP contribution in [0.2, 0.25) is 0 Å². The summed E-state index contributed by atoms with van der Waals surface area (Å²) >= 11 is 0. The van der Waals surface area contributed by atoms with Gasteiger partial charge in [0.15, 0.2) is 11.4 Å². The topological polar surface area (TPSA) is 82.2 Å². The van der Waals surface area contributed by atoms with Gasteiger partial charge in [-0.05, 0) is 42.7 Å². The molecule has 0 aliphatic heterocycles. The zero-order valence-corrected chi connectivity index (χ0v) is 16.5. The van der Waals surface area contributed by atoms with Gasteiger partial charge in [0, 0.05) is 0 Å². The lowest BCUT2D eigenvalue weighted by molar-refractivity contribution is 0.0527. The number of nitrogens with one attached hydrogen (secondary N) is 1. The Hall–Kier alpha value is -3.61. The molecule has 7 nitrogen and oxygen atoms in total. The Morgan fingerprint density at radius 3 is 2.72 bits per heavy atom. The predicted octanol–water partition coefficient (Wildman–Crippen LogP) is 5.06. The first kappa shape index (κ1) is 18.7. The van der Waals surface area contributed by atoms with Crippen molar-refractivity contribution in [1.29, 1.82) is 0 Å². The zero-order valence-electron chi connectivity index (χ0n) is 16.5. The maximum absolute atomic E-state index is 12.4. The largest absolute Gasteiger partial charge is 0.462 e. The summed E-state index contributed by atoms with van der Waals surface area (Å²) in [5.74, 6) is 0.364. The van der Waals surface area contributed by atoms with Crippen molar-refractivity contribution in [3.05, 3.63) is 65.9 Å². The summed E-state index contributed by atoms with van der Waals surface area (Å²) < 4.78 is 12.6. The number of para-hydroxylation sites is 1. The van der Waals surface area contributed by atoms with E-state index in [1.54, 1.807) is 11.6 Å². The van der Waals surface area contributed by atoms with Crippen LogP contribution < -0.4 is 5.32 Å². The molecule has 0 amide bonds. The van der Waals surface area contributed by atoms with Gasteiger partial charge in [0.05, 0.1) is 18.5 Å². The number of ether oxygens (including phenoxy) is 1. The lowest BCUT2D eigenvalue weighted by atomic mass is 10.0. The van der Waals surface area contributed by atoms with Crippen LogP contribution in [0.4, 0.5) is 11.8 Å². The lowest BCUT2D eigenvalue weighted by Crippen LogP contribution is -2.09. The van der Waals surface area contributed by atoms with Gasteiger partial charge >= 0.3 is 12.0 Å². The molecule has 2 aromatic carbocycles. The van der Waals surface area contributed by atoms with Crippen LogP contribution in [0.25, 0.3) is 16.8 Å². The summed E-state index contributed by atoms with van der Waals surface area (Å²) in [6.07, 6.45) is 1.48. The fraction of sp³-hybridized carbons (Fsp3) is 0.227. The molecule has 2 aromatic heterocycles. The average Bonchev–Trinajstić information content (AvgIpc) is 3.32. The van der Waals surface area contributed by atoms with Gasteiger partial charge < -0.3 is 9.15 Å². The highest BCUT2D eigenvalue weighted by atomic mass is 16.5. The van der Waals surface area contributed by atoms with Crippen LogP contribution in [-0.4, -0.2) is 27.3 Å².